The fraction of sp³-hybridized carbons (Fsp3) is 0.267. The van der Waals surface area contributed by atoms with Gasteiger partial charge in [0.1, 0.15) is 11.4 Å². The highest BCUT2D eigenvalue weighted by atomic mass is 16.5. The van der Waals surface area contributed by atoms with Crippen LogP contribution in [0.3, 0.4) is 0 Å². The first-order valence-electron chi connectivity index (χ1n) is 6.13. The summed E-state index contributed by atoms with van der Waals surface area (Å²) < 4.78 is 6.72. The second-order valence-electron chi connectivity index (χ2n) is 4.61. The van der Waals surface area contributed by atoms with Crippen molar-refractivity contribution in [3.8, 4) is 17.0 Å². The topological polar surface area (TPSA) is 51.5 Å². The number of nitrogens with zero attached hydrogens (tertiary/aromatic N) is 1. The second kappa shape index (κ2) is 5.18. The zero-order valence-electron chi connectivity index (χ0n) is 11.3. The van der Waals surface area contributed by atoms with Crippen LogP contribution in [0.1, 0.15) is 30.4 Å². The van der Waals surface area contributed by atoms with Crippen LogP contribution in [-0.4, -0.2) is 22.8 Å². The number of rotatable bonds is 3. The van der Waals surface area contributed by atoms with E-state index in [-0.39, 0.29) is 17.8 Å². The van der Waals surface area contributed by atoms with Gasteiger partial charge in [0.15, 0.2) is 0 Å². The van der Waals surface area contributed by atoms with Crippen molar-refractivity contribution in [2.24, 2.45) is 0 Å². The zero-order chi connectivity index (χ0) is 14.0. The quantitative estimate of drug-likeness (QED) is 0.861. The van der Waals surface area contributed by atoms with Gasteiger partial charge in [0.25, 0.3) is 0 Å². The van der Waals surface area contributed by atoms with Crippen LogP contribution < -0.4 is 0 Å². The molecule has 0 saturated heterocycles. The van der Waals surface area contributed by atoms with Gasteiger partial charge in [0.2, 0.25) is 0 Å². The third-order valence-corrected chi connectivity index (χ3v) is 2.99. The van der Waals surface area contributed by atoms with Crippen molar-refractivity contribution in [1.82, 2.24) is 4.57 Å². The summed E-state index contributed by atoms with van der Waals surface area (Å²) in [5.74, 6) is -0.127. The molecule has 0 unspecified atom stereocenters. The average molecular weight is 259 g/mol. The van der Waals surface area contributed by atoms with Crippen LogP contribution in [0.15, 0.2) is 36.4 Å². The van der Waals surface area contributed by atoms with Crippen molar-refractivity contribution in [3.63, 3.8) is 0 Å². The Balaban J connectivity index is 2.55. The highest BCUT2D eigenvalue weighted by molar-refractivity contribution is 5.89. The van der Waals surface area contributed by atoms with Crippen LogP contribution in [0.25, 0.3) is 11.3 Å². The smallest absolute Gasteiger partial charge is 0.354 e. The summed E-state index contributed by atoms with van der Waals surface area (Å²) in [7, 11) is 1.38. The van der Waals surface area contributed by atoms with Crippen LogP contribution >= 0.6 is 0 Å². The van der Waals surface area contributed by atoms with E-state index in [0.717, 1.165) is 11.3 Å². The van der Waals surface area contributed by atoms with Crippen molar-refractivity contribution < 1.29 is 14.6 Å². The third-order valence-electron chi connectivity index (χ3n) is 2.99. The van der Waals surface area contributed by atoms with Gasteiger partial charge >= 0.3 is 5.97 Å². The lowest BCUT2D eigenvalue weighted by molar-refractivity contribution is 0.0587. The van der Waals surface area contributed by atoms with Gasteiger partial charge in [-0.15, -0.1) is 0 Å². The molecule has 4 heteroatoms. The molecule has 0 bridgehead atoms. The van der Waals surface area contributed by atoms with Crippen molar-refractivity contribution >= 4 is 5.97 Å². The lowest BCUT2D eigenvalue weighted by Gasteiger charge is -2.16. The van der Waals surface area contributed by atoms with Gasteiger partial charge in [-0.3, -0.25) is 0 Å². The van der Waals surface area contributed by atoms with Gasteiger partial charge in [-0.2, -0.15) is 0 Å². The van der Waals surface area contributed by atoms with E-state index in [1.807, 2.05) is 36.6 Å². The molecule has 0 aliphatic heterocycles. The Bertz CT molecular complexity index is 582. The van der Waals surface area contributed by atoms with Crippen LogP contribution in [0, 0.1) is 0 Å². The lowest BCUT2D eigenvalue weighted by atomic mass is 10.1. The third kappa shape index (κ3) is 2.47. The van der Waals surface area contributed by atoms with Crippen molar-refractivity contribution in [2.75, 3.05) is 7.11 Å². The van der Waals surface area contributed by atoms with Crippen LogP contribution in [0.5, 0.6) is 5.75 Å². The minimum Gasteiger partial charge on any atom is -0.508 e. The van der Waals surface area contributed by atoms with Crippen LogP contribution in [0.4, 0.5) is 0 Å². The maximum Gasteiger partial charge on any atom is 0.354 e. The number of esters is 1. The molecule has 19 heavy (non-hydrogen) atoms. The number of hydrogen-bond donors (Lipinski definition) is 1. The number of aromatic hydroxyl groups is 1. The van der Waals surface area contributed by atoms with Gasteiger partial charge in [-0.1, -0.05) is 0 Å². The molecule has 0 aliphatic rings. The zero-order valence-corrected chi connectivity index (χ0v) is 11.3. The predicted octanol–water partition coefficient (Wildman–Crippen LogP) is 3.23. The summed E-state index contributed by atoms with van der Waals surface area (Å²) in [5, 5.41) is 9.33. The van der Waals surface area contributed by atoms with E-state index in [2.05, 4.69) is 0 Å². The molecule has 0 saturated carbocycles. The number of aromatic nitrogens is 1. The number of ether oxygens (including phenoxy) is 1. The van der Waals surface area contributed by atoms with Gasteiger partial charge in [-0.25, -0.2) is 4.79 Å². The number of carbonyl (C=O) groups is 1. The Morgan fingerprint density at radius 1 is 1.16 bits per heavy atom. The number of carbonyl (C=O) groups excluding carboxylic acids is 1. The predicted molar refractivity (Wildman–Crippen MR) is 73.3 cm³/mol. The number of phenolic OH excluding ortho intramolecular Hbond substituents is 1. The molecular formula is C15H17NO3. The Morgan fingerprint density at radius 2 is 1.79 bits per heavy atom. The largest absolute Gasteiger partial charge is 0.508 e. The first kappa shape index (κ1) is 13.2. The fourth-order valence-corrected chi connectivity index (χ4v) is 2.14. The summed E-state index contributed by atoms with van der Waals surface area (Å²) in [6, 6.07) is 10.7. The first-order valence-corrected chi connectivity index (χ1v) is 6.13. The molecule has 0 fully saturated rings. The van der Waals surface area contributed by atoms with E-state index in [0.29, 0.717) is 5.69 Å². The standard InChI is InChI=1S/C15H17NO3/c1-10(2)16-13(8-9-14(16)15(18)19-3)11-4-6-12(17)7-5-11/h4-10,17H,1-3H3. The molecule has 0 spiro atoms. The maximum atomic E-state index is 11.8. The first-order chi connectivity index (χ1) is 9.04. The van der Waals surface area contributed by atoms with Crippen molar-refractivity contribution in [3.05, 3.63) is 42.1 Å². The minimum atomic E-state index is -0.348. The van der Waals surface area contributed by atoms with Crippen LogP contribution in [0.2, 0.25) is 0 Å². The second-order valence-corrected chi connectivity index (χ2v) is 4.61. The molecule has 1 aromatic carbocycles. The van der Waals surface area contributed by atoms with Gasteiger partial charge < -0.3 is 14.4 Å². The summed E-state index contributed by atoms with van der Waals surface area (Å²) >= 11 is 0. The number of phenols is 1. The van der Waals surface area contributed by atoms with Gasteiger partial charge in [-0.05, 0) is 55.8 Å². The molecule has 1 N–H and O–H groups in total. The highest BCUT2D eigenvalue weighted by Gasteiger charge is 2.18. The van der Waals surface area contributed by atoms with E-state index in [9.17, 15) is 9.90 Å². The Morgan fingerprint density at radius 3 is 2.32 bits per heavy atom. The summed E-state index contributed by atoms with van der Waals surface area (Å²) in [4.78, 5) is 11.8. The minimum absolute atomic E-state index is 0.132. The monoisotopic (exact) mass is 259 g/mol. The SMILES string of the molecule is COC(=O)c1ccc(-c2ccc(O)cc2)n1C(C)C. The molecular weight excluding hydrogens is 242 g/mol. The maximum absolute atomic E-state index is 11.8. The summed E-state index contributed by atoms with van der Waals surface area (Å²) in [6.45, 7) is 4.02. The van der Waals surface area contributed by atoms with Crippen molar-refractivity contribution in [1.29, 1.82) is 0 Å². The highest BCUT2D eigenvalue weighted by Crippen LogP contribution is 2.28. The molecule has 1 aromatic heterocycles. The average Bonchev–Trinajstić information content (AvgIpc) is 2.83. The molecule has 0 aliphatic carbocycles. The molecule has 0 radical (unpaired) electrons. The molecule has 2 aromatic rings. The molecule has 0 atom stereocenters. The Kier molecular flexibility index (Phi) is 3.60. The molecule has 100 valence electrons. The van der Waals surface area contributed by atoms with Gasteiger partial charge in [0.05, 0.1) is 7.11 Å². The van der Waals surface area contributed by atoms with Crippen LogP contribution in [-0.2, 0) is 4.74 Å². The normalized spacial score (nSPS) is 10.7. The van der Waals surface area contributed by atoms with Crippen molar-refractivity contribution in [2.45, 2.75) is 19.9 Å². The van der Waals surface area contributed by atoms with E-state index in [4.69, 9.17) is 4.74 Å². The molecule has 2 rings (SSSR count). The number of hydrogen-bond acceptors (Lipinski definition) is 3. The Labute approximate surface area is 112 Å². The molecule has 0 amide bonds. The fourth-order valence-electron chi connectivity index (χ4n) is 2.14. The van der Waals surface area contributed by atoms with E-state index in [1.165, 1.54) is 7.11 Å². The summed E-state index contributed by atoms with van der Waals surface area (Å²) in [6.07, 6.45) is 0. The lowest BCUT2D eigenvalue weighted by Crippen LogP contribution is -2.13. The van der Waals surface area contributed by atoms with E-state index >= 15 is 0 Å². The van der Waals surface area contributed by atoms with Gasteiger partial charge in [0, 0.05) is 11.7 Å². The van der Waals surface area contributed by atoms with E-state index < -0.39 is 0 Å². The number of benzene rings is 1. The molecule has 1 heterocycles. The number of methoxy groups -OCH3 is 1. The summed E-state index contributed by atoms with van der Waals surface area (Å²) in [5.41, 5.74) is 2.40. The molecule has 4 nitrogen and oxygen atoms in total. The van der Waals surface area contributed by atoms with E-state index in [1.54, 1.807) is 18.2 Å². The Hall–Kier alpha value is -2.23.